The van der Waals surface area contributed by atoms with Crippen molar-refractivity contribution in [2.24, 2.45) is 11.8 Å². The Labute approximate surface area is 172 Å². The standard InChI is InChI=1S/C25H17NO4/c27-23-21-19-15-10-4-5-11-16(15)20(18-13-7-6-12-17(18)19)22(21)24(28)26(23)30-25(29)14-8-2-1-3-9-14/h1-13,19-22H/t19?,20?,21-,22-/m1/s1. The van der Waals surface area contributed by atoms with E-state index in [4.69, 9.17) is 4.84 Å². The van der Waals surface area contributed by atoms with Crippen LogP contribution in [0.5, 0.6) is 0 Å². The predicted octanol–water partition coefficient (Wildman–Crippen LogP) is 3.65. The van der Waals surface area contributed by atoms with Crippen LogP contribution in [0.2, 0.25) is 0 Å². The molecule has 3 aromatic carbocycles. The highest BCUT2D eigenvalue weighted by Crippen LogP contribution is 2.60. The van der Waals surface area contributed by atoms with Crippen LogP contribution in [0.25, 0.3) is 0 Å². The molecule has 0 unspecified atom stereocenters. The lowest BCUT2D eigenvalue weighted by molar-refractivity contribution is -0.174. The van der Waals surface area contributed by atoms with Gasteiger partial charge in [0.1, 0.15) is 0 Å². The van der Waals surface area contributed by atoms with E-state index in [1.165, 1.54) is 0 Å². The number of benzene rings is 3. The van der Waals surface area contributed by atoms with Gasteiger partial charge in [0.25, 0.3) is 11.8 Å². The Bertz CT molecular complexity index is 1100. The fourth-order valence-electron chi connectivity index (χ4n) is 5.45. The molecule has 2 bridgehead atoms. The third-order valence-electron chi connectivity index (χ3n) is 6.59. The van der Waals surface area contributed by atoms with E-state index in [1.54, 1.807) is 30.3 Å². The molecule has 0 N–H and O–H groups in total. The number of carbonyl (C=O) groups excluding carboxylic acids is 3. The van der Waals surface area contributed by atoms with Crippen molar-refractivity contribution in [2.45, 2.75) is 11.8 Å². The molecule has 7 rings (SSSR count). The summed E-state index contributed by atoms with van der Waals surface area (Å²) in [6.07, 6.45) is 0. The first-order chi connectivity index (χ1) is 14.7. The first-order valence-corrected chi connectivity index (χ1v) is 9.99. The van der Waals surface area contributed by atoms with Crippen molar-refractivity contribution in [3.05, 3.63) is 107 Å². The van der Waals surface area contributed by atoms with Gasteiger partial charge in [0.15, 0.2) is 0 Å². The molecular formula is C25H17NO4. The number of nitrogens with zero attached hydrogens (tertiary/aromatic N) is 1. The number of carbonyl (C=O) groups is 3. The summed E-state index contributed by atoms with van der Waals surface area (Å²) in [6, 6.07) is 24.4. The fourth-order valence-corrected chi connectivity index (χ4v) is 5.45. The number of rotatable bonds is 2. The normalized spacial score (nSPS) is 25.5. The highest BCUT2D eigenvalue weighted by Gasteiger charge is 2.62. The third-order valence-corrected chi connectivity index (χ3v) is 6.59. The Morgan fingerprint density at radius 3 is 1.47 bits per heavy atom. The molecule has 2 atom stereocenters. The molecule has 1 aliphatic heterocycles. The van der Waals surface area contributed by atoms with Crippen molar-refractivity contribution in [1.29, 1.82) is 0 Å². The van der Waals surface area contributed by atoms with Gasteiger partial charge in [0.2, 0.25) is 0 Å². The summed E-state index contributed by atoms with van der Waals surface area (Å²) in [6.45, 7) is 0. The summed E-state index contributed by atoms with van der Waals surface area (Å²) in [5.74, 6) is -3.14. The Hall–Kier alpha value is -3.73. The van der Waals surface area contributed by atoms with Crippen molar-refractivity contribution in [3.8, 4) is 0 Å². The van der Waals surface area contributed by atoms with E-state index >= 15 is 0 Å². The molecule has 30 heavy (non-hydrogen) atoms. The molecule has 1 fully saturated rings. The molecule has 146 valence electrons. The van der Waals surface area contributed by atoms with Crippen LogP contribution in [0.15, 0.2) is 78.9 Å². The maximum absolute atomic E-state index is 13.4. The monoisotopic (exact) mass is 395 g/mol. The lowest BCUT2D eigenvalue weighted by Gasteiger charge is -2.45. The van der Waals surface area contributed by atoms with E-state index in [1.807, 2.05) is 48.5 Å². The van der Waals surface area contributed by atoms with Gasteiger partial charge in [-0.05, 0) is 34.4 Å². The molecule has 0 radical (unpaired) electrons. The third kappa shape index (κ3) is 2.15. The molecule has 3 aliphatic carbocycles. The second kappa shape index (κ2) is 6.13. The number of hydroxylamine groups is 2. The average Bonchev–Trinajstić information content (AvgIpc) is 3.05. The van der Waals surface area contributed by atoms with E-state index in [0.717, 1.165) is 22.3 Å². The van der Waals surface area contributed by atoms with Gasteiger partial charge in [-0.3, -0.25) is 9.59 Å². The fraction of sp³-hybridized carbons (Fsp3) is 0.160. The van der Waals surface area contributed by atoms with Crippen molar-refractivity contribution >= 4 is 17.8 Å². The van der Waals surface area contributed by atoms with E-state index in [0.29, 0.717) is 10.6 Å². The van der Waals surface area contributed by atoms with E-state index in [2.05, 4.69) is 0 Å². The van der Waals surface area contributed by atoms with Crippen molar-refractivity contribution < 1.29 is 19.2 Å². The van der Waals surface area contributed by atoms with Gasteiger partial charge >= 0.3 is 5.97 Å². The maximum Gasteiger partial charge on any atom is 0.363 e. The summed E-state index contributed by atoms with van der Waals surface area (Å²) < 4.78 is 0. The topological polar surface area (TPSA) is 63.7 Å². The molecule has 5 heteroatoms. The zero-order valence-electron chi connectivity index (χ0n) is 15.9. The smallest absolute Gasteiger partial charge is 0.325 e. The van der Waals surface area contributed by atoms with Crippen LogP contribution in [0.3, 0.4) is 0 Å². The van der Waals surface area contributed by atoms with Crippen molar-refractivity contribution in [1.82, 2.24) is 5.06 Å². The molecule has 0 aromatic heterocycles. The Morgan fingerprint density at radius 2 is 1.03 bits per heavy atom. The molecule has 2 amide bonds. The Morgan fingerprint density at radius 1 is 0.633 bits per heavy atom. The molecule has 5 nitrogen and oxygen atoms in total. The summed E-state index contributed by atoms with van der Waals surface area (Å²) >= 11 is 0. The molecule has 1 heterocycles. The lowest BCUT2D eigenvalue weighted by atomic mass is 9.55. The number of imide groups is 1. The first kappa shape index (κ1) is 17.2. The highest BCUT2D eigenvalue weighted by atomic mass is 16.7. The predicted molar refractivity (Wildman–Crippen MR) is 107 cm³/mol. The quantitative estimate of drug-likeness (QED) is 0.622. The highest BCUT2D eigenvalue weighted by molar-refractivity contribution is 6.08. The van der Waals surface area contributed by atoms with E-state index < -0.39 is 29.6 Å². The second-order valence-electron chi connectivity index (χ2n) is 7.98. The Kier molecular flexibility index (Phi) is 3.51. The van der Waals surface area contributed by atoms with Gasteiger partial charge in [0, 0.05) is 11.8 Å². The zero-order valence-corrected chi connectivity index (χ0v) is 15.9. The SMILES string of the molecule is O=C(ON1C(=O)[C@@H]2C3c4ccccc4C(c4ccccc43)[C@H]2C1=O)c1ccccc1. The van der Waals surface area contributed by atoms with Crippen LogP contribution in [-0.2, 0) is 14.4 Å². The van der Waals surface area contributed by atoms with Gasteiger partial charge in [-0.15, -0.1) is 5.06 Å². The number of hydrogen-bond acceptors (Lipinski definition) is 4. The summed E-state index contributed by atoms with van der Waals surface area (Å²) in [5, 5.41) is 0.711. The van der Waals surface area contributed by atoms with Crippen molar-refractivity contribution in [2.75, 3.05) is 0 Å². The van der Waals surface area contributed by atoms with Crippen LogP contribution in [0, 0.1) is 11.8 Å². The van der Waals surface area contributed by atoms with Gasteiger partial charge in [-0.2, -0.15) is 0 Å². The van der Waals surface area contributed by atoms with Gasteiger partial charge in [-0.1, -0.05) is 66.7 Å². The van der Waals surface area contributed by atoms with Crippen LogP contribution < -0.4 is 0 Å². The molecule has 1 saturated heterocycles. The average molecular weight is 395 g/mol. The minimum Gasteiger partial charge on any atom is -0.325 e. The molecule has 4 aliphatic rings. The van der Waals surface area contributed by atoms with Gasteiger partial charge in [-0.25, -0.2) is 4.79 Å². The van der Waals surface area contributed by atoms with Crippen LogP contribution in [-0.4, -0.2) is 22.8 Å². The molecule has 0 spiro atoms. The summed E-state index contributed by atoms with van der Waals surface area (Å²) in [5.41, 5.74) is 4.63. The van der Waals surface area contributed by atoms with Gasteiger partial charge < -0.3 is 4.84 Å². The Balaban J connectivity index is 1.44. The minimum absolute atomic E-state index is 0.218. The maximum atomic E-state index is 13.4. The van der Waals surface area contributed by atoms with Crippen molar-refractivity contribution in [3.63, 3.8) is 0 Å². The van der Waals surface area contributed by atoms with E-state index in [-0.39, 0.29) is 11.8 Å². The summed E-state index contributed by atoms with van der Waals surface area (Å²) in [7, 11) is 0. The van der Waals surface area contributed by atoms with Crippen LogP contribution >= 0.6 is 0 Å². The largest absolute Gasteiger partial charge is 0.363 e. The second-order valence-corrected chi connectivity index (χ2v) is 7.98. The first-order valence-electron chi connectivity index (χ1n) is 9.99. The minimum atomic E-state index is -0.710. The zero-order chi connectivity index (χ0) is 20.4. The molecular weight excluding hydrogens is 378 g/mol. The summed E-state index contributed by atoms with van der Waals surface area (Å²) in [4.78, 5) is 44.6. The number of amides is 2. The van der Waals surface area contributed by atoms with Gasteiger partial charge in [0.05, 0.1) is 17.4 Å². The van der Waals surface area contributed by atoms with Crippen LogP contribution in [0.1, 0.15) is 44.4 Å². The molecule has 0 saturated carbocycles. The molecule has 3 aromatic rings. The lowest BCUT2D eigenvalue weighted by Crippen LogP contribution is -2.41. The van der Waals surface area contributed by atoms with Crippen LogP contribution in [0.4, 0.5) is 0 Å². The number of hydrogen-bond donors (Lipinski definition) is 0. The van der Waals surface area contributed by atoms with E-state index in [9.17, 15) is 14.4 Å².